The largest absolute Gasteiger partial charge is 0.484 e. The fraction of sp³-hybridized carbons (Fsp3) is 0.556. The number of hydrogen-bond donors (Lipinski definition) is 3. The zero-order valence-electron chi connectivity index (χ0n) is 14.5. The van der Waals surface area contributed by atoms with Crippen LogP contribution < -0.4 is 21.1 Å². The molecule has 2 amide bonds. The number of carbonyl (C=O) groups excluding carboxylic acids is 2. The molecule has 6 heteroatoms. The van der Waals surface area contributed by atoms with Crippen LogP contribution in [-0.2, 0) is 9.59 Å². The van der Waals surface area contributed by atoms with Gasteiger partial charge in [0.15, 0.2) is 6.61 Å². The Bertz CT molecular complexity index is 567. The Labute approximate surface area is 143 Å². The summed E-state index contributed by atoms with van der Waals surface area (Å²) in [6.45, 7) is 5.76. The molecule has 24 heavy (non-hydrogen) atoms. The Morgan fingerprint density at radius 2 is 1.83 bits per heavy atom. The molecule has 0 aromatic heterocycles. The molecule has 0 spiro atoms. The highest BCUT2D eigenvalue weighted by molar-refractivity contribution is 5.82. The van der Waals surface area contributed by atoms with Crippen molar-refractivity contribution < 1.29 is 14.3 Å². The van der Waals surface area contributed by atoms with E-state index >= 15 is 0 Å². The van der Waals surface area contributed by atoms with Crippen LogP contribution in [0.15, 0.2) is 24.3 Å². The van der Waals surface area contributed by atoms with Crippen LogP contribution in [0.1, 0.15) is 45.2 Å². The van der Waals surface area contributed by atoms with Gasteiger partial charge in [-0.25, -0.2) is 0 Å². The number of hydrogen-bond acceptors (Lipinski definition) is 4. The number of nitrogens with one attached hydrogen (secondary N) is 2. The summed E-state index contributed by atoms with van der Waals surface area (Å²) in [5.41, 5.74) is 6.80. The number of ether oxygens (including phenoxy) is 1. The van der Waals surface area contributed by atoms with Crippen LogP contribution in [-0.4, -0.2) is 30.5 Å². The fourth-order valence-corrected chi connectivity index (χ4v) is 2.19. The van der Waals surface area contributed by atoms with Gasteiger partial charge in [-0.3, -0.25) is 9.59 Å². The van der Waals surface area contributed by atoms with Crippen LogP contribution in [0.2, 0.25) is 0 Å². The molecular formula is C18H27N3O3. The lowest BCUT2D eigenvalue weighted by molar-refractivity contribution is -0.124. The van der Waals surface area contributed by atoms with Gasteiger partial charge >= 0.3 is 0 Å². The van der Waals surface area contributed by atoms with E-state index in [1.54, 1.807) is 12.1 Å². The van der Waals surface area contributed by atoms with Crippen LogP contribution in [0.4, 0.5) is 0 Å². The number of benzene rings is 1. The molecule has 1 aliphatic rings. The van der Waals surface area contributed by atoms with Gasteiger partial charge in [0.25, 0.3) is 5.91 Å². The second-order valence-corrected chi connectivity index (χ2v) is 6.70. The van der Waals surface area contributed by atoms with Crippen molar-refractivity contribution in [1.29, 1.82) is 0 Å². The SMILES string of the molecule is CC(NC(=O)[C@@H](N)C(C)C)c1ccc(OCC(=O)NC2CC2)cc1. The van der Waals surface area contributed by atoms with Crippen molar-refractivity contribution in [1.82, 2.24) is 10.6 Å². The molecule has 0 radical (unpaired) electrons. The quantitative estimate of drug-likeness (QED) is 0.672. The average Bonchev–Trinajstić information content (AvgIpc) is 3.36. The van der Waals surface area contributed by atoms with E-state index < -0.39 is 6.04 Å². The minimum atomic E-state index is -0.514. The van der Waals surface area contributed by atoms with Gasteiger partial charge in [-0.05, 0) is 43.4 Å². The summed E-state index contributed by atoms with van der Waals surface area (Å²) in [6, 6.07) is 7.02. The summed E-state index contributed by atoms with van der Waals surface area (Å²) in [5, 5.41) is 5.78. The molecule has 0 heterocycles. The molecule has 0 aliphatic heterocycles. The molecule has 0 saturated heterocycles. The first-order valence-electron chi connectivity index (χ1n) is 8.45. The van der Waals surface area contributed by atoms with Crippen molar-refractivity contribution in [2.24, 2.45) is 11.7 Å². The molecule has 6 nitrogen and oxygen atoms in total. The summed E-state index contributed by atoms with van der Waals surface area (Å²) < 4.78 is 5.46. The predicted octanol–water partition coefficient (Wildman–Crippen LogP) is 1.50. The van der Waals surface area contributed by atoms with Crippen LogP contribution in [0.25, 0.3) is 0 Å². The molecule has 1 saturated carbocycles. The molecule has 1 aromatic rings. The van der Waals surface area contributed by atoms with Gasteiger partial charge in [-0.1, -0.05) is 26.0 Å². The highest BCUT2D eigenvalue weighted by Crippen LogP contribution is 2.19. The topological polar surface area (TPSA) is 93.5 Å². The second kappa shape index (κ2) is 8.15. The zero-order valence-corrected chi connectivity index (χ0v) is 14.5. The summed E-state index contributed by atoms with van der Waals surface area (Å²) in [6.07, 6.45) is 2.12. The first kappa shape index (κ1) is 18.3. The van der Waals surface area contributed by atoms with E-state index in [2.05, 4.69) is 10.6 Å². The number of amides is 2. The van der Waals surface area contributed by atoms with E-state index in [1.165, 1.54) is 0 Å². The minimum Gasteiger partial charge on any atom is -0.484 e. The predicted molar refractivity (Wildman–Crippen MR) is 92.5 cm³/mol. The molecule has 1 fully saturated rings. The van der Waals surface area contributed by atoms with E-state index in [1.807, 2.05) is 32.9 Å². The Hall–Kier alpha value is -2.08. The van der Waals surface area contributed by atoms with Crippen LogP contribution >= 0.6 is 0 Å². The second-order valence-electron chi connectivity index (χ2n) is 6.70. The molecular weight excluding hydrogens is 306 g/mol. The van der Waals surface area contributed by atoms with Gasteiger partial charge in [0, 0.05) is 6.04 Å². The fourth-order valence-electron chi connectivity index (χ4n) is 2.19. The zero-order chi connectivity index (χ0) is 17.7. The third-order valence-electron chi connectivity index (χ3n) is 4.07. The highest BCUT2D eigenvalue weighted by atomic mass is 16.5. The molecule has 1 unspecified atom stereocenters. The summed E-state index contributed by atoms with van der Waals surface area (Å²) in [5.74, 6) is 0.469. The van der Waals surface area contributed by atoms with E-state index in [0.29, 0.717) is 11.8 Å². The molecule has 1 aromatic carbocycles. The maximum absolute atomic E-state index is 12.0. The van der Waals surface area contributed by atoms with Crippen LogP contribution in [0, 0.1) is 5.92 Å². The summed E-state index contributed by atoms with van der Waals surface area (Å²) in [4.78, 5) is 23.6. The number of carbonyl (C=O) groups is 2. The monoisotopic (exact) mass is 333 g/mol. The van der Waals surface area contributed by atoms with Crippen molar-refractivity contribution in [2.75, 3.05) is 6.61 Å². The van der Waals surface area contributed by atoms with Crippen molar-refractivity contribution in [2.45, 2.75) is 51.7 Å². The highest BCUT2D eigenvalue weighted by Gasteiger charge is 2.23. The van der Waals surface area contributed by atoms with Crippen molar-refractivity contribution in [3.8, 4) is 5.75 Å². The lowest BCUT2D eigenvalue weighted by Gasteiger charge is -2.20. The van der Waals surface area contributed by atoms with Crippen LogP contribution in [0.3, 0.4) is 0 Å². The molecule has 0 bridgehead atoms. The lowest BCUT2D eigenvalue weighted by Crippen LogP contribution is -2.44. The molecule has 4 N–H and O–H groups in total. The maximum atomic E-state index is 12.0. The van der Waals surface area contributed by atoms with Gasteiger partial charge < -0.3 is 21.1 Å². The third-order valence-corrected chi connectivity index (χ3v) is 4.07. The molecule has 2 rings (SSSR count). The molecule has 132 valence electrons. The Balaban J connectivity index is 1.81. The summed E-state index contributed by atoms with van der Waals surface area (Å²) >= 11 is 0. The normalized spacial score (nSPS) is 16.4. The third kappa shape index (κ3) is 5.53. The van der Waals surface area contributed by atoms with E-state index in [9.17, 15) is 9.59 Å². The van der Waals surface area contributed by atoms with Crippen molar-refractivity contribution in [3.05, 3.63) is 29.8 Å². The average molecular weight is 333 g/mol. The van der Waals surface area contributed by atoms with Gasteiger partial charge in [-0.15, -0.1) is 0 Å². The standard InChI is InChI=1S/C18H27N3O3/c1-11(2)17(19)18(23)20-12(3)13-4-8-15(9-5-13)24-10-16(22)21-14-6-7-14/h4-5,8-9,11-12,14,17H,6-7,10,19H2,1-3H3,(H,20,23)(H,21,22)/t12?,17-/m0/s1. The smallest absolute Gasteiger partial charge is 0.258 e. The minimum absolute atomic E-state index is 0.0192. The molecule has 1 aliphatic carbocycles. The Kier molecular flexibility index (Phi) is 6.20. The Morgan fingerprint density at radius 1 is 1.21 bits per heavy atom. The van der Waals surface area contributed by atoms with Crippen molar-refractivity contribution in [3.63, 3.8) is 0 Å². The van der Waals surface area contributed by atoms with E-state index in [4.69, 9.17) is 10.5 Å². The molecule has 2 atom stereocenters. The maximum Gasteiger partial charge on any atom is 0.258 e. The summed E-state index contributed by atoms with van der Waals surface area (Å²) in [7, 11) is 0. The Morgan fingerprint density at radius 3 is 2.38 bits per heavy atom. The first-order valence-corrected chi connectivity index (χ1v) is 8.45. The van der Waals surface area contributed by atoms with Gasteiger partial charge in [0.1, 0.15) is 5.75 Å². The van der Waals surface area contributed by atoms with Crippen LogP contribution in [0.5, 0.6) is 5.75 Å². The van der Waals surface area contributed by atoms with Crippen molar-refractivity contribution >= 4 is 11.8 Å². The van der Waals surface area contributed by atoms with E-state index in [0.717, 1.165) is 18.4 Å². The van der Waals surface area contributed by atoms with Gasteiger partial charge in [0.05, 0.1) is 12.1 Å². The lowest BCUT2D eigenvalue weighted by atomic mass is 10.0. The van der Waals surface area contributed by atoms with Gasteiger partial charge in [0.2, 0.25) is 5.91 Å². The number of rotatable bonds is 8. The number of nitrogens with two attached hydrogens (primary N) is 1. The van der Waals surface area contributed by atoms with E-state index in [-0.39, 0.29) is 30.4 Å². The van der Waals surface area contributed by atoms with Gasteiger partial charge in [-0.2, -0.15) is 0 Å². The first-order chi connectivity index (χ1) is 11.4.